The van der Waals surface area contributed by atoms with E-state index in [0.717, 1.165) is 18.4 Å². The maximum atomic E-state index is 13.1. The van der Waals surface area contributed by atoms with E-state index in [1.807, 2.05) is 35.2 Å². The van der Waals surface area contributed by atoms with Crippen molar-refractivity contribution in [3.8, 4) is 0 Å². The number of likely N-dealkylation sites (tertiary alicyclic amines) is 1. The minimum absolute atomic E-state index is 0.0575. The molecule has 0 radical (unpaired) electrons. The molecule has 0 atom stereocenters. The highest BCUT2D eigenvalue weighted by Gasteiger charge is 2.53. The first-order valence-corrected chi connectivity index (χ1v) is 9.50. The van der Waals surface area contributed by atoms with Crippen LogP contribution >= 0.6 is 0 Å². The topological polar surface area (TPSA) is 49.4 Å². The highest BCUT2D eigenvalue weighted by molar-refractivity contribution is 5.94. The minimum atomic E-state index is -0.343. The Labute approximate surface area is 158 Å². The van der Waals surface area contributed by atoms with E-state index in [0.29, 0.717) is 31.6 Å². The van der Waals surface area contributed by atoms with Gasteiger partial charge in [-0.2, -0.15) is 0 Å². The van der Waals surface area contributed by atoms with E-state index in [-0.39, 0.29) is 29.0 Å². The summed E-state index contributed by atoms with van der Waals surface area (Å²) in [5.74, 6) is -0.304. The second-order valence-electron chi connectivity index (χ2n) is 7.51. The third-order valence-corrected chi connectivity index (χ3v) is 5.75. The zero-order chi connectivity index (χ0) is 18.9. The Hall–Kier alpha value is -2.69. The van der Waals surface area contributed by atoms with Gasteiger partial charge in [-0.25, -0.2) is 4.39 Å². The number of nitrogens with one attached hydrogen (secondary N) is 1. The summed E-state index contributed by atoms with van der Waals surface area (Å²) in [6, 6.07) is 15.8. The summed E-state index contributed by atoms with van der Waals surface area (Å²) >= 11 is 0. The van der Waals surface area contributed by atoms with Crippen molar-refractivity contribution in [2.45, 2.75) is 31.1 Å². The van der Waals surface area contributed by atoms with Crippen LogP contribution in [0.2, 0.25) is 0 Å². The summed E-state index contributed by atoms with van der Waals surface area (Å²) < 4.78 is 13.0. The summed E-state index contributed by atoms with van der Waals surface area (Å²) in [6.07, 6.45) is 3.12. The number of carbonyl (C=O) groups is 2. The van der Waals surface area contributed by atoms with Gasteiger partial charge in [-0.3, -0.25) is 9.59 Å². The summed E-state index contributed by atoms with van der Waals surface area (Å²) in [7, 11) is 0. The third-order valence-electron chi connectivity index (χ3n) is 5.75. The number of carbonyl (C=O) groups excluding carboxylic acids is 2. The van der Waals surface area contributed by atoms with Crippen LogP contribution in [0.4, 0.5) is 10.1 Å². The quantitative estimate of drug-likeness (QED) is 0.896. The molecular weight excluding hydrogens is 343 g/mol. The van der Waals surface area contributed by atoms with Crippen molar-refractivity contribution < 1.29 is 14.0 Å². The average molecular weight is 366 g/mol. The first-order chi connectivity index (χ1) is 13.1. The van der Waals surface area contributed by atoms with Crippen LogP contribution in [-0.4, -0.2) is 29.8 Å². The van der Waals surface area contributed by atoms with Crippen LogP contribution in [0.15, 0.2) is 54.6 Å². The molecule has 4 nitrogen and oxygen atoms in total. The second-order valence-corrected chi connectivity index (χ2v) is 7.51. The summed E-state index contributed by atoms with van der Waals surface area (Å²) in [5, 5.41) is 2.84. The maximum absolute atomic E-state index is 13.1. The van der Waals surface area contributed by atoms with Gasteiger partial charge in [0.1, 0.15) is 5.82 Å². The second kappa shape index (κ2) is 7.14. The number of halogens is 1. The highest BCUT2D eigenvalue weighted by atomic mass is 19.1. The molecule has 2 fully saturated rings. The molecule has 5 heteroatoms. The smallest absolute Gasteiger partial charge is 0.233 e. The number of piperidine rings is 1. The van der Waals surface area contributed by atoms with Crippen LogP contribution in [0, 0.1) is 11.7 Å². The fourth-order valence-electron chi connectivity index (χ4n) is 3.93. The molecule has 4 rings (SSSR count). The summed E-state index contributed by atoms with van der Waals surface area (Å²) in [5.41, 5.74) is 1.36. The van der Waals surface area contributed by atoms with E-state index in [4.69, 9.17) is 0 Å². The Kier molecular flexibility index (Phi) is 4.68. The molecule has 1 heterocycles. The van der Waals surface area contributed by atoms with Gasteiger partial charge in [-0.05, 0) is 55.5 Å². The SMILES string of the molecule is O=C(Nc1ccc(F)cc1)C1CCN(C(=O)C2(c3ccccc3)CC2)CC1. The molecule has 1 N–H and O–H groups in total. The Morgan fingerprint density at radius 1 is 0.963 bits per heavy atom. The fourth-order valence-corrected chi connectivity index (χ4v) is 3.93. The third kappa shape index (κ3) is 3.59. The van der Waals surface area contributed by atoms with Crippen LogP contribution < -0.4 is 5.32 Å². The molecule has 2 aromatic carbocycles. The standard InChI is InChI=1S/C22H23FN2O2/c23-18-6-8-19(9-7-18)24-20(26)16-10-14-25(15-11-16)21(27)22(12-13-22)17-4-2-1-3-5-17/h1-9,16H,10-15H2,(H,24,26). The van der Waals surface area contributed by atoms with Gasteiger partial charge < -0.3 is 10.2 Å². The van der Waals surface area contributed by atoms with Gasteiger partial charge in [0.05, 0.1) is 5.41 Å². The number of anilines is 1. The van der Waals surface area contributed by atoms with Gasteiger partial charge in [0.15, 0.2) is 0 Å². The average Bonchev–Trinajstić information content (AvgIpc) is 3.52. The molecule has 0 spiro atoms. The van der Waals surface area contributed by atoms with E-state index < -0.39 is 0 Å². The first-order valence-electron chi connectivity index (χ1n) is 9.50. The van der Waals surface area contributed by atoms with E-state index >= 15 is 0 Å². The zero-order valence-electron chi connectivity index (χ0n) is 15.2. The van der Waals surface area contributed by atoms with Crippen LogP contribution in [0.1, 0.15) is 31.2 Å². The molecule has 2 amide bonds. The van der Waals surface area contributed by atoms with Gasteiger partial charge in [-0.1, -0.05) is 30.3 Å². The Bertz CT molecular complexity index is 823. The van der Waals surface area contributed by atoms with Crippen LogP contribution in [0.3, 0.4) is 0 Å². The van der Waals surface area contributed by atoms with Crippen LogP contribution in [0.5, 0.6) is 0 Å². The van der Waals surface area contributed by atoms with Crippen LogP contribution in [0.25, 0.3) is 0 Å². The Morgan fingerprint density at radius 3 is 2.19 bits per heavy atom. The molecule has 1 aliphatic heterocycles. The van der Waals surface area contributed by atoms with Gasteiger partial charge in [-0.15, -0.1) is 0 Å². The lowest BCUT2D eigenvalue weighted by molar-refractivity contribution is -0.137. The fraction of sp³-hybridized carbons (Fsp3) is 0.364. The van der Waals surface area contributed by atoms with Crippen molar-refractivity contribution in [3.05, 3.63) is 66.0 Å². The van der Waals surface area contributed by atoms with Gasteiger partial charge in [0.25, 0.3) is 0 Å². The molecule has 27 heavy (non-hydrogen) atoms. The maximum Gasteiger partial charge on any atom is 0.233 e. The predicted molar refractivity (Wildman–Crippen MR) is 102 cm³/mol. The lowest BCUT2D eigenvalue weighted by atomic mass is 9.91. The molecule has 1 saturated heterocycles. The number of amides is 2. The lowest BCUT2D eigenvalue weighted by Crippen LogP contribution is -2.45. The highest BCUT2D eigenvalue weighted by Crippen LogP contribution is 2.49. The number of benzene rings is 2. The van der Waals surface area contributed by atoms with E-state index in [1.165, 1.54) is 12.1 Å². The molecule has 1 saturated carbocycles. The van der Waals surface area contributed by atoms with Crippen molar-refractivity contribution in [3.63, 3.8) is 0 Å². The molecule has 2 aromatic rings. The summed E-state index contributed by atoms with van der Waals surface area (Å²) in [6.45, 7) is 1.21. The number of rotatable bonds is 4. The molecule has 2 aliphatic rings. The number of hydrogen-bond donors (Lipinski definition) is 1. The van der Waals surface area contributed by atoms with E-state index in [1.54, 1.807) is 12.1 Å². The Morgan fingerprint density at radius 2 is 1.59 bits per heavy atom. The number of nitrogens with zero attached hydrogens (tertiary/aromatic N) is 1. The lowest BCUT2D eigenvalue weighted by Gasteiger charge is -2.34. The van der Waals surface area contributed by atoms with Gasteiger partial charge in [0, 0.05) is 24.7 Å². The zero-order valence-corrected chi connectivity index (χ0v) is 15.2. The molecule has 140 valence electrons. The Balaban J connectivity index is 1.34. The van der Waals surface area contributed by atoms with Crippen molar-refractivity contribution in [1.82, 2.24) is 4.90 Å². The first kappa shape index (κ1) is 17.7. The molecule has 0 unspecified atom stereocenters. The normalized spacial score (nSPS) is 18.8. The largest absolute Gasteiger partial charge is 0.342 e. The van der Waals surface area contributed by atoms with Crippen molar-refractivity contribution >= 4 is 17.5 Å². The molecule has 1 aliphatic carbocycles. The molecular formula is C22H23FN2O2. The predicted octanol–water partition coefficient (Wildman–Crippen LogP) is 3.73. The monoisotopic (exact) mass is 366 g/mol. The van der Waals surface area contributed by atoms with E-state index in [2.05, 4.69) is 5.32 Å². The summed E-state index contributed by atoms with van der Waals surface area (Å²) in [4.78, 5) is 27.4. The molecule has 0 aromatic heterocycles. The van der Waals surface area contributed by atoms with E-state index in [9.17, 15) is 14.0 Å². The van der Waals surface area contributed by atoms with Gasteiger partial charge >= 0.3 is 0 Å². The van der Waals surface area contributed by atoms with Crippen molar-refractivity contribution in [2.75, 3.05) is 18.4 Å². The van der Waals surface area contributed by atoms with Crippen LogP contribution in [-0.2, 0) is 15.0 Å². The number of hydrogen-bond acceptors (Lipinski definition) is 2. The van der Waals surface area contributed by atoms with Crippen molar-refractivity contribution in [1.29, 1.82) is 0 Å². The van der Waals surface area contributed by atoms with Gasteiger partial charge in [0.2, 0.25) is 11.8 Å². The minimum Gasteiger partial charge on any atom is -0.342 e. The molecule has 0 bridgehead atoms. The van der Waals surface area contributed by atoms with Crippen molar-refractivity contribution in [2.24, 2.45) is 5.92 Å².